The predicted molar refractivity (Wildman–Crippen MR) is 117 cm³/mol. The van der Waals surface area contributed by atoms with Crippen LogP contribution in [-0.4, -0.2) is 41.5 Å². The van der Waals surface area contributed by atoms with E-state index in [1.54, 1.807) is 0 Å². The monoisotopic (exact) mass is 489 g/mol. The highest BCUT2D eigenvalue weighted by Crippen LogP contribution is 2.21. The number of nitrogens with zero attached hydrogens (tertiary/aromatic N) is 3. The van der Waals surface area contributed by atoms with Gasteiger partial charge in [0.1, 0.15) is 6.04 Å². The fraction of sp³-hybridized carbons (Fsp3) is 0.200. The lowest BCUT2D eigenvalue weighted by atomic mass is 10.2. The van der Waals surface area contributed by atoms with Gasteiger partial charge in [-0.15, -0.1) is 10.2 Å². The number of nitro groups is 1. The van der Waals surface area contributed by atoms with Crippen molar-refractivity contribution in [3.8, 4) is 11.5 Å². The number of sulfonamides is 1. The van der Waals surface area contributed by atoms with Crippen LogP contribution in [0, 0.1) is 10.1 Å². The Bertz CT molecular complexity index is 1300. The molecular weight excluding hydrogens is 470 g/mol. The van der Waals surface area contributed by atoms with Crippen LogP contribution < -0.4 is 10.0 Å². The lowest BCUT2D eigenvalue weighted by molar-refractivity contribution is -0.384. The van der Waals surface area contributed by atoms with Gasteiger partial charge in [0.05, 0.1) is 9.82 Å². The van der Waals surface area contributed by atoms with Crippen molar-refractivity contribution in [2.45, 2.75) is 31.4 Å². The maximum Gasteiger partial charge on any atom is 0.324 e. The van der Waals surface area contributed by atoms with E-state index in [1.807, 2.05) is 0 Å². The molecule has 1 heterocycles. The van der Waals surface area contributed by atoms with Gasteiger partial charge in [0, 0.05) is 30.3 Å². The van der Waals surface area contributed by atoms with Gasteiger partial charge in [-0.2, -0.15) is 4.72 Å². The molecule has 0 saturated carbocycles. The molecule has 0 aliphatic rings. The highest BCUT2D eigenvalue weighted by molar-refractivity contribution is 7.89. The summed E-state index contributed by atoms with van der Waals surface area (Å²) in [5.41, 5.74) is 0.755. The van der Waals surface area contributed by atoms with Crippen LogP contribution in [0.25, 0.3) is 11.5 Å². The molecule has 0 bridgehead atoms. The van der Waals surface area contributed by atoms with Crippen LogP contribution in [-0.2, 0) is 31.0 Å². The number of rotatable bonds is 9. The normalized spacial score (nSPS) is 12.1. The summed E-state index contributed by atoms with van der Waals surface area (Å²) < 4.78 is 37.6. The van der Waals surface area contributed by atoms with Crippen LogP contribution in [0.15, 0.2) is 57.8 Å². The number of ether oxygens (including phenoxy) is 1. The second-order valence-electron chi connectivity index (χ2n) is 6.96. The van der Waals surface area contributed by atoms with E-state index in [1.165, 1.54) is 62.4 Å². The second kappa shape index (κ2) is 10.2. The average molecular weight is 489 g/mol. The third-order valence-electron chi connectivity index (χ3n) is 4.30. The van der Waals surface area contributed by atoms with E-state index in [0.29, 0.717) is 11.3 Å². The van der Waals surface area contributed by atoms with Gasteiger partial charge >= 0.3 is 5.97 Å². The van der Waals surface area contributed by atoms with Crippen molar-refractivity contribution in [2.24, 2.45) is 0 Å². The number of nitrogens with one attached hydrogen (secondary N) is 2. The minimum atomic E-state index is -4.04. The minimum absolute atomic E-state index is 0.0506. The van der Waals surface area contributed by atoms with Crippen molar-refractivity contribution < 1.29 is 32.1 Å². The summed E-state index contributed by atoms with van der Waals surface area (Å²) in [6.45, 7) is 2.22. The number of carbonyl (C=O) groups is 2. The fourth-order valence-corrected chi connectivity index (χ4v) is 3.87. The predicted octanol–water partition coefficient (Wildman–Crippen LogP) is 2.01. The van der Waals surface area contributed by atoms with Gasteiger partial charge in [-0.3, -0.25) is 19.7 Å². The molecule has 0 fully saturated rings. The van der Waals surface area contributed by atoms with Crippen molar-refractivity contribution in [3.63, 3.8) is 0 Å². The number of nitro benzene ring substituents is 1. The van der Waals surface area contributed by atoms with E-state index in [-0.39, 0.29) is 28.3 Å². The number of carbonyl (C=O) groups excluding carboxylic acids is 2. The Balaban J connectivity index is 1.56. The molecule has 0 unspecified atom stereocenters. The molecule has 1 atom stereocenters. The van der Waals surface area contributed by atoms with Crippen molar-refractivity contribution >= 4 is 33.3 Å². The number of non-ortho nitro benzene ring substituents is 1. The number of hydrogen-bond donors (Lipinski definition) is 2. The SMILES string of the molecule is CC(=O)Nc1ccc(S(=O)(=O)N[C@H](C)C(=O)OCc2nnc(-c3ccc([N+](=O)[O-])cc3)o2)cc1. The van der Waals surface area contributed by atoms with Crippen LogP contribution in [0.2, 0.25) is 0 Å². The second-order valence-corrected chi connectivity index (χ2v) is 8.68. The van der Waals surface area contributed by atoms with Gasteiger partial charge in [-0.25, -0.2) is 8.42 Å². The molecule has 14 heteroatoms. The number of aromatic nitrogens is 2. The van der Waals surface area contributed by atoms with E-state index in [9.17, 15) is 28.1 Å². The van der Waals surface area contributed by atoms with E-state index in [2.05, 4.69) is 20.2 Å². The van der Waals surface area contributed by atoms with Crippen molar-refractivity contribution in [1.82, 2.24) is 14.9 Å². The summed E-state index contributed by atoms with van der Waals surface area (Å²) in [4.78, 5) is 33.4. The van der Waals surface area contributed by atoms with Crippen LogP contribution in [0.3, 0.4) is 0 Å². The molecule has 1 aromatic heterocycles. The van der Waals surface area contributed by atoms with Gasteiger partial charge in [0.15, 0.2) is 6.61 Å². The van der Waals surface area contributed by atoms with Gasteiger partial charge in [0.2, 0.25) is 21.8 Å². The first-order valence-corrected chi connectivity index (χ1v) is 11.2. The summed E-state index contributed by atoms with van der Waals surface area (Å²) in [6, 6.07) is 9.59. The molecule has 3 rings (SSSR count). The molecule has 2 N–H and O–H groups in total. The van der Waals surface area contributed by atoms with Gasteiger partial charge < -0.3 is 14.5 Å². The smallest absolute Gasteiger partial charge is 0.324 e. The molecule has 34 heavy (non-hydrogen) atoms. The topological polar surface area (TPSA) is 184 Å². The van der Waals surface area contributed by atoms with E-state index in [0.717, 1.165) is 0 Å². The molecule has 0 aliphatic heterocycles. The zero-order chi connectivity index (χ0) is 24.9. The number of hydrogen-bond acceptors (Lipinski definition) is 10. The number of esters is 1. The quantitative estimate of drug-likeness (QED) is 0.256. The number of anilines is 1. The molecule has 0 radical (unpaired) electrons. The third kappa shape index (κ3) is 6.20. The van der Waals surface area contributed by atoms with Crippen LogP contribution >= 0.6 is 0 Å². The summed E-state index contributed by atoms with van der Waals surface area (Å²) >= 11 is 0. The maximum absolute atomic E-state index is 12.5. The number of amides is 1. The molecule has 2 aromatic carbocycles. The Morgan fingerprint density at radius 3 is 2.35 bits per heavy atom. The largest absolute Gasteiger partial charge is 0.454 e. The van der Waals surface area contributed by atoms with Crippen LogP contribution in [0.5, 0.6) is 0 Å². The first-order valence-electron chi connectivity index (χ1n) is 9.69. The molecular formula is C20H19N5O8S. The van der Waals surface area contributed by atoms with Gasteiger partial charge in [0.25, 0.3) is 11.6 Å². The van der Waals surface area contributed by atoms with Crippen molar-refractivity contribution in [1.29, 1.82) is 0 Å². The average Bonchev–Trinajstić information content (AvgIpc) is 3.26. The molecule has 1 amide bonds. The summed E-state index contributed by atoms with van der Waals surface area (Å²) in [5.74, 6) is -1.16. The molecule has 0 aliphatic carbocycles. The summed E-state index contributed by atoms with van der Waals surface area (Å²) in [5, 5.41) is 20.8. The standard InChI is InChI=1S/C20H19N5O8S/c1-12(24-34(30,31)17-9-5-15(6-10-17)21-13(2)26)20(27)32-11-18-22-23-19(33-18)14-3-7-16(8-4-14)25(28)29/h3-10,12,24H,11H2,1-2H3,(H,21,26)/t12-/m1/s1. The Kier molecular flexibility index (Phi) is 7.33. The summed E-state index contributed by atoms with van der Waals surface area (Å²) in [6.07, 6.45) is 0. The minimum Gasteiger partial charge on any atom is -0.454 e. The van der Waals surface area contributed by atoms with Crippen molar-refractivity contribution in [3.05, 3.63) is 64.5 Å². The molecule has 13 nitrogen and oxygen atoms in total. The Morgan fingerprint density at radius 1 is 1.12 bits per heavy atom. The van der Waals surface area contributed by atoms with Crippen LogP contribution in [0.4, 0.5) is 11.4 Å². The molecule has 0 saturated heterocycles. The first-order chi connectivity index (χ1) is 16.0. The van der Waals surface area contributed by atoms with E-state index >= 15 is 0 Å². The fourth-order valence-electron chi connectivity index (χ4n) is 2.68. The summed E-state index contributed by atoms with van der Waals surface area (Å²) in [7, 11) is -4.04. The zero-order valence-corrected chi connectivity index (χ0v) is 18.7. The number of benzene rings is 2. The van der Waals surface area contributed by atoms with E-state index < -0.39 is 33.6 Å². The van der Waals surface area contributed by atoms with Gasteiger partial charge in [-0.1, -0.05) is 0 Å². The van der Waals surface area contributed by atoms with E-state index in [4.69, 9.17) is 9.15 Å². The lowest BCUT2D eigenvalue weighted by Crippen LogP contribution is -2.39. The maximum atomic E-state index is 12.5. The Morgan fingerprint density at radius 2 is 1.76 bits per heavy atom. The van der Waals surface area contributed by atoms with Crippen LogP contribution in [0.1, 0.15) is 19.7 Å². The highest BCUT2D eigenvalue weighted by Gasteiger charge is 2.24. The molecule has 0 spiro atoms. The molecule has 3 aromatic rings. The highest BCUT2D eigenvalue weighted by atomic mass is 32.2. The first kappa shape index (κ1) is 24.5. The van der Waals surface area contributed by atoms with Crippen molar-refractivity contribution in [2.75, 3.05) is 5.32 Å². The zero-order valence-electron chi connectivity index (χ0n) is 17.9. The lowest BCUT2D eigenvalue weighted by Gasteiger charge is -2.13. The Hall–Kier alpha value is -4.17. The Labute approximate surface area is 193 Å². The van der Waals surface area contributed by atoms with Gasteiger partial charge in [-0.05, 0) is 43.3 Å². The third-order valence-corrected chi connectivity index (χ3v) is 5.86. The molecule has 178 valence electrons.